The fourth-order valence-electron chi connectivity index (χ4n) is 2.82. The molecule has 1 aliphatic rings. The topological polar surface area (TPSA) is 71.2 Å². The van der Waals surface area contributed by atoms with Gasteiger partial charge in [0.25, 0.3) is 5.91 Å². The number of rotatable bonds is 5. The van der Waals surface area contributed by atoms with Crippen molar-refractivity contribution in [2.24, 2.45) is 11.8 Å². The first-order valence-electron chi connectivity index (χ1n) is 7.47. The van der Waals surface area contributed by atoms with Crippen molar-refractivity contribution in [1.82, 2.24) is 9.88 Å². The lowest BCUT2D eigenvalue weighted by Crippen LogP contribution is -2.41. The highest BCUT2D eigenvalue weighted by Crippen LogP contribution is 2.27. The molecule has 0 aromatic carbocycles. The van der Waals surface area contributed by atoms with Crippen LogP contribution in [0.3, 0.4) is 0 Å². The number of nitrogens with zero attached hydrogens (tertiary/aromatic N) is 2. The summed E-state index contributed by atoms with van der Waals surface area (Å²) in [4.78, 5) is 19.0. The summed E-state index contributed by atoms with van der Waals surface area (Å²) in [6.45, 7) is 4.95. The summed E-state index contributed by atoms with van der Waals surface area (Å²) >= 11 is 6.16. The third kappa shape index (κ3) is 3.86. The van der Waals surface area contributed by atoms with E-state index in [4.69, 9.17) is 17.4 Å². The zero-order valence-corrected chi connectivity index (χ0v) is 13.4. The van der Waals surface area contributed by atoms with Crippen LogP contribution in [-0.4, -0.2) is 28.4 Å². The van der Waals surface area contributed by atoms with E-state index >= 15 is 0 Å². The molecule has 0 saturated heterocycles. The Labute approximate surface area is 130 Å². The minimum absolute atomic E-state index is 0.0994. The molecule has 1 saturated carbocycles. The van der Waals surface area contributed by atoms with Gasteiger partial charge in [-0.2, -0.15) is 0 Å². The molecule has 116 valence electrons. The maximum absolute atomic E-state index is 12.9. The van der Waals surface area contributed by atoms with Gasteiger partial charge in [0.1, 0.15) is 11.5 Å². The van der Waals surface area contributed by atoms with E-state index in [0.29, 0.717) is 22.8 Å². The normalized spacial score (nSPS) is 15.5. The maximum atomic E-state index is 12.9. The monoisotopic (exact) mass is 310 g/mol. The van der Waals surface area contributed by atoms with E-state index in [9.17, 15) is 4.79 Å². The Balaban J connectivity index is 2.28. The molecule has 1 aliphatic carbocycles. The Morgan fingerprint density at radius 2 is 2.14 bits per heavy atom. The van der Waals surface area contributed by atoms with Crippen LogP contribution in [0.1, 0.15) is 50.0 Å². The van der Waals surface area contributed by atoms with Gasteiger partial charge in [-0.3, -0.25) is 4.79 Å². The van der Waals surface area contributed by atoms with Gasteiger partial charge in [0.2, 0.25) is 0 Å². The van der Waals surface area contributed by atoms with Crippen LogP contribution in [0.25, 0.3) is 0 Å². The quantitative estimate of drug-likeness (QED) is 0.647. The molecule has 5 nitrogen and oxygen atoms in total. The molecule has 21 heavy (non-hydrogen) atoms. The van der Waals surface area contributed by atoms with Crippen molar-refractivity contribution in [1.29, 1.82) is 0 Å². The lowest BCUT2D eigenvalue weighted by molar-refractivity contribution is 0.0650. The molecular formula is C15H23ClN4O. The van der Waals surface area contributed by atoms with Crippen molar-refractivity contribution in [3.05, 3.63) is 22.8 Å². The molecule has 1 heterocycles. The number of nitrogen functional groups attached to an aromatic ring is 1. The van der Waals surface area contributed by atoms with Crippen LogP contribution in [-0.2, 0) is 0 Å². The zero-order chi connectivity index (χ0) is 15.4. The average Bonchev–Trinajstić information content (AvgIpc) is 2.98. The fourth-order valence-corrected chi connectivity index (χ4v) is 3.00. The Morgan fingerprint density at radius 3 is 2.71 bits per heavy atom. The molecule has 1 aromatic rings. The summed E-state index contributed by atoms with van der Waals surface area (Å²) in [6.07, 6.45) is 4.48. The van der Waals surface area contributed by atoms with Gasteiger partial charge in [-0.25, -0.2) is 10.8 Å². The van der Waals surface area contributed by atoms with E-state index in [-0.39, 0.29) is 11.6 Å². The van der Waals surface area contributed by atoms with Crippen molar-refractivity contribution in [3.63, 3.8) is 0 Å². The van der Waals surface area contributed by atoms with Crippen LogP contribution in [0.2, 0.25) is 5.02 Å². The number of nitrogens with two attached hydrogens (primary N) is 1. The van der Waals surface area contributed by atoms with E-state index in [0.717, 1.165) is 19.4 Å². The Morgan fingerprint density at radius 1 is 1.48 bits per heavy atom. The number of amides is 1. The standard InChI is InChI=1S/C15H23ClN4O/c1-10(2)9-20(11-5-3-4-6-11)15(21)14-12(16)7-8-13(18-14)19-17/h7-8,10-11H,3-6,9,17H2,1-2H3,(H,18,19). The van der Waals surface area contributed by atoms with E-state index in [1.165, 1.54) is 12.8 Å². The number of hydrazine groups is 1. The number of hydrogen-bond donors (Lipinski definition) is 2. The fraction of sp³-hybridized carbons (Fsp3) is 0.600. The Kier molecular flexibility index (Phi) is 5.42. The lowest BCUT2D eigenvalue weighted by Gasteiger charge is -2.30. The van der Waals surface area contributed by atoms with Gasteiger partial charge in [0.05, 0.1) is 5.02 Å². The molecule has 0 spiro atoms. The molecule has 6 heteroatoms. The minimum Gasteiger partial charge on any atom is -0.334 e. The van der Waals surface area contributed by atoms with Crippen LogP contribution in [0, 0.1) is 5.92 Å². The van der Waals surface area contributed by atoms with E-state index in [2.05, 4.69) is 24.3 Å². The van der Waals surface area contributed by atoms with Crippen LogP contribution in [0.4, 0.5) is 5.82 Å². The summed E-state index contributed by atoms with van der Waals surface area (Å²) < 4.78 is 0. The summed E-state index contributed by atoms with van der Waals surface area (Å²) in [5.41, 5.74) is 2.74. The Hall–Kier alpha value is -1.33. The van der Waals surface area contributed by atoms with Crippen molar-refractivity contribution < 1.29 is 4.79 Å². The maximum Gasteiger partial charge on any atom is 0.274 e. The summed E-state index contributed by atoms with van der Waals surface area (Å²) in [5.74, 6) is 6.12. The second-order valence-electron chi connectivity index (χ2n) is 5.96. The average molecular weight is 311 g/mol. The van der Waals surface area contributed by atoms with E-state index in [1.54, 1.807) is 12.1 Å². The first kappa shape index (κ1) is 16.0. The number of nitrogens with one attached hydrogen (secondary N) is 1. The molecule has 0 bridgehead atoms. The van der Waals surface area contributed by atoms with Gasteiger partial charge >= 0.3 is 0 Å². The molecule has 3 N–H and O–H groups in total. The summed E-state index contributed by atoms with van der Waals surface area (Å²) in [6, 6.07) is 3.60. The van der Waals surface area contributed by atoms with Gasteiger partial charge in [-0.1, -0.05) is 38.3 Å². The first-order chi connectivity index (χ1) is 10.0. The highest BCUT2D eigenvalue weighted by atomic mass is 35.5. The highest BCUT2D eigenvalue weighted by molar-refractivity contribution is 6.33. The van der Waals surface area contributed by atoms with Gasteiger partial charge in [-0.15, -0.1) is 0 Å². The molecule has 0 unspecified atom stereocenters. The number of carbonyl (C=O) groups excluding carboxylic acids is 1. The number of pyridine rings is 1. The molecule has 1 amide bonds. The number of halogens is 1. The van der Waals surface area contributed by atoms with Crippen molar-refractivity contribution in [2.75, 3.05) is 12.0 Å². The van der Waals surface area contributed by atoms with Crippen molar-refractivity contribution in [3.8, 4) is 0 Å². The molecular weight excluding hydrogens is 288 g/mol. The summed E-state index contributed by atoms with van der Waals surface area (Å²) in [7, 11) is 0. The third-order valence-electron chi connectivity index (χ3n) is 3.78. The highest BCUT2D eigenvalue weighted by Gasteiger charge is 2.29. The van der Waals surface area contributed by atoms with Crippen molar-refractivity contribution >= 4 is 23.3 Å². The van der Waals surface area contributed by atoms with Gasteiger partial charge in [0, 0.05) is 12.6 Å². The predicted molar refractivity (Wildman–Crippen MR) is 85.2 cm³/mol. The minimum atomic E-state index is -0.0994. The summed E-state index contributed by atoms with van der Waals surface area (Å²) in [5, 5.41) is 0.366. The smallest absolute Gasteiger partial charge is 0.274 e. The van der Waals surface area contributed by atoms with Crippen LogP contribution < -0.4 is 11.3 Å². The third-order valence-corrected chi connectivity index (χ3v) is 4.09. The molecule has 0 radical (unpaired) electrons. The Bertz CT molecular complexity index is 500. The van der Waals surface area contributed by atoms with E-state index < -0.39 is 0 Å². The van der Waals surface area contributed by atoms with Crippen LogP contribution in [0.15, 0.2) is 12.1 Å². The van der Waals surface area contributed by atoms with Gasteiger partial charge in [-0.05, 0) is 30.9 Å². The molecule has 0 atom stereocenters. The van der Waals surface area contributed by atoms with E-state index in [1.807, 2.05) is 4.90 Å². The van der Waals surface area contributed by atoms with Crippen LogP contribution >= 0.6 is 11.6 Å². The van der Waals surface area contributed by atoms with Crippen LogP contribution in [0.5, 0.6) is 0 Å². The SMILES string of the molecule is CC(C)CN(C(=O)c1nc(NN)ccc1Cl)C1CCCC1. The predicted octanol–water partition coefficient (Wildman–Crippen LogP) is 3.06. The number of carbonyl (C=O) groups is 1. The molecule has 1 fully saturated rings. The van der Waals surface area contributed by atoms with Gasteiger partial charge in [0.15, 0.2) is 0 Å². The molecule has 1 aromatic heterocycles. The number of aromatic nitrogens is 1. The molecule has 2 rings (SSSR count). The first-order valence-corrected chi connectivity index (χ1v) is 7.85. The van der Waals surface area contributed by atoms with Gasteiger partial charge < -0.3 is 10.3 Å². The number of hydrogen-bond acceptors (Lipinski definition) is 4. The van der Waals surface area contributed by atoms with Crippen molar-refractivity contribution in [2.45, 2.75) is 45.6 Å². The second-order valence-corrected chi connectivity index (χ2v) is 6.37. The number of anilines is 1. The largest absolute Gasteiger partial charge is 0.334 e. The second kappa shape index (κ2) is 7.09. The molecule has 0 aliphatic heterocycles. The lowest BCUT2D eigenvalue weighted by atomic mass is 10.1. The zero-order valence-electron chi connectivity index (χ0n) is 12.6.